The van der Waals surface area contributed by atoms with Gasteiger partial charge in [0.05, 0.1) is 40.0 Å². The minimum atomic E-state index is -4.68. The largest absolute Gasteiger partial charge is 0.756 e. The molecule has 0 fully saturated rings. The van der Waals surface area contributed by atoms with Gasteiger partial charge in [-0.05, 0) is 70.6 Å². The lowest BCUT2D eigenvalue weighted by atomic mass is 10.1. The summed E-state index contributed by atoms with van der Waals surface area (Å²) in [6, 6.07) is 0. The molecular weight excluding hydrogens is 806 g/mol. The number of phosphoric ester groups is 1. The van der Waals surface area contributed by atoms with Crippen molar-refractivity contribution >= 4 is 19.8 Å². The fourth-order valence-corrected chi connectivity index (χ4v) is 6.32. The van der Waals surface area contributed by atoms with Crippen LogP contribution in [0.5, 0.6) is 0 Å². The summed E-state index contributed by atoms with van der Waals surface area (Å²) in [5, 5.41) is 20.0. The molecule has 0 heterocycles. The molecule has 0 radical (unpaired) electrons. The van der Waals surface area contributed by atoms with Gasteiger partial charge >= 0.3 is 11.9 Å². The molecule has 4 atom stereocenters. The molecule has 354 valence electrons. The molecule has 12 heteroatoms. The van der Waals surface area contributed by atoms with E-state index in [1.54, 1.807) is 36.5 Å². The maximum atomic E-state index is 12.7. The number of hydrogen-bond donors (Lipinski definition) is 2. The van der Waals surface area contributed by atoms with E-state index in [1.165, 1.54) is 38.5 Å². The molecule has 62 heavy (non-hydrogen) atoms. The molecule has 11 nitrogen and oxygen atoms in total. The predicted molar refractivity (Wildman–Crippen MR) is 252 cm³/mol. The predicted octanol–water partition coefficient (Wildman–Crippen LogP) is 10.7. The van der Waals surface area contributed by atoms with Crippen LogP contribution in [0.1, 0.15) is 142 Å². The number of rotatable bonds is 40. The first-order chi connectivity index (χ1) is 29.8. The Morgan fingerprint density at radius 1 is 0.613 bits per heavy atom. The molecule has 1 unspecified atom stereocenters. The number of ether oxygens (including phenoxy) is 2. The molecule has 0 rings (SSSR count). The molecule has 0 aliphatic carbocycles. The summed E-state index contributed by atoms with van der Waals surface area (Å²) in [6.45, 7) is 3.78. The number of aliphatic hydroxyl groups is 2. The average Bonchev–Trinajstić information content (AvgIpc) is 3.21. The lowest BCUT2D eigenvalue weighted by Crippen LogP contribution is -2.37. The first-order valence-electron chi connectivity index (χ1n) is 23.2. The number of aliphatic hydroxyl groups excluding tert-OH is 2. The quantitative estimate of drug-likeness (QED) is 0.0152. The summed E-state index contributed by atoms with van der Waals surface area (Å²) in [5.74, 6) is -1.02. The second-order valence-electron chi connectivity index (χ2n) is 16.4. The highest BCUT2D eigenvalue weighted by Crippen LogP contribution is 2.38. The maximum absolute atomic E-state index is 12.7. The molecule has 2 N–H and O–H groups in total. The van der Waals surface area contributed by atoms with Crippen molar-refractivity contribution in [3.05, 3.63) is 97.2 Å². The monoisotopic (exact) mass is 890 g/mol. The summed E-state index contributed by atoms with van der Waals surface area (Å²) < 4.78 is 33.8. The van der Waals surface area contributed by atoms with Crippen LogP contribution in [-0.2, 0) is 32.7 Å². The van der Waals surface area contributed by atoms with Crippen molar-refractivity contribution in [1.29, 1.82) is 0 Å². The number of hydrogen-bond acceptors (Lipinski definition) is 10. The first kappa shape index (κ1) is 58.9. The van der Waals surface area contributed by atoms with Gasteiger partial charge in [0.1, 0.15) is 19.8 Å². The van der Waals surface area contributed by atoms with Crippen LogP contribution in [0, 0.1) is 0 Å². The minimum absolute atomic E-state index is 0.0673. The third kappa shape index (κ3) is 43.5. The average molecular weight is 890 g/mol. The Hall–Kier alpha value is -3.15. The van der Waals surface area contributed by atoms with Crippen molar-refractivity contribution in [2.45, 2.75) is 161 Å². The zero-order valence-electron chi connectivity index (χ0n) is 39.0. The number of carbonyl (C=O) groups excluding carboxylic acids is 2. The van der Waals surface area contributed by atoms with Crippen molar-refractivity contribution in [3.63, 3.8) is 0 Å². The van der Waals surface area contributed by atoms with Gasteiger partial charge in [0.25, 0.3) is 7.82 Å². The van der Waals surface area contributed by atoms with Crippen LogP contribution in [0.25, 0.3) is 0 Å². The summed E-state index contributed by atoms with van der Waals surface area (Å²) in [6.07, 6.45) is 46.5. The van der Waals surface area contributed by atoms with Crippen molar-refractivity contribution in [1.82, 2.24) is 0 Å². The number of unbranched alkanes of at least 4 members (excludes halogenated alkanes) is 10. The molecule has 0 bridgehead atoms. The van der Waals surface area contributed by atoms with Crippen LogP contribution >= 0.6 is 7.82 Å². The minimum Gasteiger partial charge on any atom is -0.756 e. The topological polar surface area (TPSA) is 152 Å². The van der Waals surface area contributed by atoms with Gasteiger partial charge in [0, 0.05) is 12.8 Å². The normalized spacial score (nSPS) is 15.4. The van der Waals surface area contributed by atoms with Crippen LogP contribution in [0.3, 0.4) is 0 Å². The van der Waals surface area contributed by atoms with Crippen LogP contribution in [0.4, 0.5) is 0 Å². The number of esters is 2. The molecule has 0 spiro atoms. The molecular formula is C50H84NO10P. The van der Waals surface area contributed by atoms with E-state index in [0.29, 0.717) is 43.1 Å². The highest BCUT2D eigenvalue weighted by molar-refractivity contribution is 7.45. The third-order valence-corrected chi connectivity index (χ3v) is 10.2. The lowest BCUT2D eigenvalue weighted by molar-refractivity contribution is -0.870. The van der Waals surface area contributed by atoms with E-state index in [0.717, 1.165) is 44.9 Å². The Morgan fingerprint density at radius 2 is 1.15 bits per heavy atom. The van der Waals surface area contributed by atoms with Gasteiger partial charge < -0.3 is 38.1 Å². The van der Waals surface area contributed by atoms with E-state index in [4.69, 9.17) is 18.5 Å². The second kappa shape index (κ2) is 40.6. The first-order valence-corrected chi connectivity index (χ1v) is 24.6. The van der Waals surface area contributed by atoms with E-state index in [1.807, 2.05) is 64.5 Å². The van der Waals surface area contributed by atoms with Gasteiger partial charge in [-0.15, -0.1) is 0 Å². The zero-order chi connectivity index (χ0) is 46.0. The number of quaternary nitrogens is 1. The number of carbonyl (C=O) groups is 2. The molecule has 0 aromatic heterocycles. The molecule has 0 saturated heterocycles. The van der Waals surface area contributed by atoms with E-state index in [9.17, 15) is 29.3 Å². The Labute approximate surface area is 376 Å². The van der Waals surface area contributed by atoms with Gasteiger partial charge in [0.15, 0.2) is 6.10 Å². The number of likely N-dealkylation sites (N-methyl/N-ethyl adjacent to an activating group) is 1. The van der Waals surface area contributed by atoms with E-state index in [-0.39, 0.29) is 26.1 Å². The maximum Gasteiger partial charge on any atom is 0.306 e. The highest BCUT2D eigenvalue weighted by atomic mass is 31.2. The SMILES string of the molecule is CC/C=C\C[C@@H](O)/C=C/C=C\C=C\[C@@H](O)C/C=C\C/C=C\CCC(=O)OC[C@H](COP(=O)([O-])OCC[N+](C)(C)C)OC(=O)CCCCCCCCC/C=C\C/C=C\CCCCC. The van der Waals surface area contributed by atoms with Crippen LogP contribution in [0.15, 0.2) is 97.2 Å². The van der Waals surface area contributed by atoms with Gasteiger partial charge in [-0.1, -0.05) is 156 Å². The second-order valence-corrected chi connectivity index (χ2v) is 17.8. The Balaban J connectivity index is 4.59. The molecule has 0 aliphatic heterocycles. The summed E-state index contributed by atoms with van der Waals surface area (Å²) in [7, 11) is 1.04. The molecule has 0 amide bonds. The summed E-state index contributed by atoms with van der Waals surface area (Å²) in [5.41, 5.74) is 0. The Morgan fingerprint density at radius 3 is 1.73 bits per heavy atom. The third-order valence-electron chi connectivity index (χ3n) is 9.27. The Bertz CT molecular complexity index is 1410. The summed E-state index contributed by atoms with van der Waals surface area (Å²) >= 11 is 0. The lowest BCUT2D eigenvalue weighted by Gasteiger charge is -2.28. The summed E-state index contributed by atoms with van der Waals surface area (Å²) in [4.78, 5) is 37.6. The van der Waals surface area contributed by atoms with Crippen molar-refractivity contribution in [3.8, 4) is 0 Å². The molecule has 0 aliphatic rings. The van der Waals surface area contributed by atoms with Crippen molar-refractivity contribution in [2.24, 2.45) is 0 Å². The van der Waals surface area contributed by atoms with E-state index in [2.05, 4.69) is 31.2 Å². The fourth-order valence-electron chi connectivity index (χ4n) is 5.59. The Kier molecular flexibility index (Phi) is 38.5. The molecule has 0 saturated carbocycles. The van der Waals surface area contributed by atoms with E-state index < -0.39 is 44.7 Å². The van der Waals surface area contributed by atoms with Gasteiger partial charge in [-0.2, -0.15) is 0 Å². The number of phosphoric acid groups is 1. The molecule has 0 aromatic carbocycles. The number of allylic oxidation sites excluding steroid dienone is 12. The number of nitrogens with zero attached hydrogens (tertiary/aromatic N) is 1. The van der Waals surface area contributed by atoms with Crippen molar-refractivity contribution < 1.29 is 52.3 Å². The van der Waals surface area contributed by atoms with Crippen LogP contribution in [0.2, 0.25) is 0 Å². The highest BCUT2D eigenvalue weighted by Gasteiger charge is 2.21. The van der Waals surface area contributed by atoms with Gasteiger partial charge in [-0.25, -0.2) is 0 Å². The van der Waals surface area contributed by atoms with E-state index >= 15 is 0 Å². The fraction of sp³-hybridized carbons (Fsp3) is 0.640. The standard InChI is InChI=1S/C50H84NO10P/c1-6-8-10-11-12-13-14-15-16-17-18-19-20-21-22-27-35-41-50(55)61-48(45-60-62(56,57)59-43-42-51(3,4)5)44-58-49(54)40-34-26-24-23-25-31-37-47(53)39-33-29-28-32-38-46(52)36-30-9-7-2/h9,12-13,15-16,24-26,28-33,38-39,46-48,52-53H,6-8,10-11,14,17-23,27,34-37,40-45H2,1-5H3/b13-12-,16-15-,26-24-,29-28-,30-9-,31-25-,38-32+,39-33+/t46-,47+,48-/m1/s1. The smallest absolute Gasteiger partial charge is 0.306 e. The van der Waals surface area contributed by atoms with Crippen LogP contribution in [-0.4, -0.2) is 92.5 Å². The van der Waals surface area contributed by atoms with Gasteiger partial charge in [0.2, 0.25) is 0 Å². The molecule has 0 aromatic rings. The van der Waals surface area contributed by atoms with Crippen molar-refractivity contribution in [2.75, 3.05) is 47.5 Å². The zero-order valence-corrected chi connectivity index (χ0v) is 39.9. The van der Waals surface area contributed by atoms with Gasteiger partial charge in [-0.3, -0.25) is 14.2 Å². The van der Waals surface area contributed by atoms with Crippen LogP contribution < -0.4 is 4.89 Å².